The van der Waals surface area contributed by atoms with E-state index in [0.717, 1.165) is 12.0 Å². The molecular formula is C15H19N3O2. The van der Waals surface area contributed by atoms with E-state index in [-0.39, 0.29) is 11.8 Å². The molecule has 0 radical (unpaired) electrons. The maximum atomic E-state index is 12.3. The van der Waals surface area contributed by atoms with Gasteiger partial charge in [-0.2, -0.15) is 0 Å². The molecule has 2 rings (SSSR count). The molecule has 2 aromatic rings. The number of rotatable bonds is 5. The minimum Gasteiger partial charge on any atom is -0.438 e. The molecule has 0 N–H and O–H groups in total. The molecule has 2 heterocycles. The summed E-state index contributed by atoms with van der Waals surface area (Å²) in [5.74, 6) is 0.388. The molecule has 0 atom stereocenters. The second-order valence-corrected chi connectivity index (χ2v) is 5.05. The Morgan fingerprint density at radius 3 is 2.70 bits per heavy atom. The van der Waals surface area contributed by atoms with Crippen molar-refractivity contribution in [1.29, 1.82) is 0 Å². The number of oxazole rings is 1. The predicted octanol–water partition coefficient (Wildman–Crippen LogP) is 2.51. The summed E-state index contributed by atoms with van der Waals surface area (Å²) < 4.78 is 5.25. The van der Waals surface area contributed by atoms with E-state index in [4.69, 9.17) is 4.42 Å². The van der Waals surface area contributed by atoms with Gasteiger partial charge in [0.2, 0.25) is 5.76 Å². The topological polar surface area (TPSA) is 59.2 Å². The van der Waals surface area contributed by atoms with Gasteiger partial charge in [-0.1, -0.05) is 13.8 Å². The number of carbonyl (C=O) groups excluding carboxylic acids is 1. The molecule has 0 bridgehead atoms. The highest BCUT2D eigenvalue weighted by atomic mass is 16.3. The first-order chi connectivity index (χ1) is 9.59. The van der Waals surface area contributed by atoms with Crippen LogP contribution in [0.3, 0.4) is 0 Å². The van der Waals surface area contributed by atoms with Crippen LogP contribution in [0.2, 0.25) is 0 Å². The number of hydrogen-bond acceptors (Lipinski definition) is 4. The van der Waals surface area contributed by atoms with Crippen LogP contribution in [-0.4, -0.2) is 34.4 Å². The smallest absolute Gasteiger partial charge is 0.291 e. The van der Waals surface area contributed by atoms with Crippen molar-refractivity contribution < 1.29 is 9.21 Å². The minimum atomic E-state index is -0.125. The first-order valence-corrected chi connectivity index (χ1v) is 6.67. The second kappa shape index (κ2) is 6.32. The van der Waals surface area contributed by atoms with Gasteiger partial charge in [-0.25, -0.2) is 4.98 Å². The van der Waals surface area contributed by atoms with E-state index in [1.54, 1.807) is 24.3 Å². The number of amides is 1. The summed E-state index contributed by atoms with van der Waals surface area (Å²) in [6, 6.07) is 3.90. The molecule has 0 aliphatic carbocycles. The lowest BCUT2D eigenvalue weighted by Crippen LogP contribution is -2.29. The summed E-state index contributed by atoms with van der Waals surface area (Å²) in [6.07, 6.45) is 5.63. The molecule has 2 aromatic heterocycles. The average Bonchev–Trinajstić information content (AvgIpc) is 2.94. The molecule has 1 amide bonds. The minimum absolute atomic E-state index is 0.125. The Labute approximate surface area is 118 Å². The molecule has 0 spiro atoms. The van der Waals surface area contributed by atoms with Crippen LogP contribution in [0.15, 0.2) is 35.3 Å². The van der Waals surface area contributed by atoms with E-state index in [1.165, 1.54) is 6.39 Å². The van der Waals surface area contributed by atoms with Gasteiger partial charge in [0.25, 0.3) is 5.91 Å². The van der Waals surface area contributed by atoms with Gasteiger partial charge in [0.15, 0.2) is 6.39 Å². The van der Waals surface area contributed by atoms with Crippen molar-refractivity contribution in [2.75, 3.05) is 13.6 Å². The van der Waals surface area contributed by atoms with Gasteiger partial charge in [0.1, 0.15) is 0 Å². The summed E-state index contributed by atoms with van der Waals surface area (Å²) in [6.45, 7) is 4.61. The highest BCUT2D eigenvalue weighted by molar-refractivity contribution is 5.92. The van der Waals surface area contributed by atoms with E-state index in [0.29, 0.717) is 18.0 Å². The molecule has 5 heteroatoms. The predicted molar refractivity (Wildman–Crippen MR) is 75.5 cm³/mol. The molecule has 0 saturated carbocycles. The van der Waals surface area contributed by atoms with Crippen molar-refractivity contribution in [2.24, 2.45) is 0 Å². The third-order valence-electron chi connectivity index (χ3n) is 3.17. The van der Waals surface area contributed by atoms with Crippen LogP contribution in [0, 0.1) is 0 Å². The molecule has 5 nitrogen and oxygen atoms in total. The SMILES string of the molecule is CC(C)c1ncoc1C(=O)N(C)CCc1ccncc1. The third-order valence-corrected chi connectivity index (χ3v) is 3.17. The lowest BCUT2D eigenvalue weighted by Gasteiger charge is -2.16. The molecule has 0 saturated heterocycles. The molecule has 0 aromatic carbocycles. The second-order valence-electron chi connectivity index (χ2n) is 5.05. The van der Waals surface area contributed by atoms with Crippen LogP contribution < -0.4 is 0 Å². The van der Waals surface area contributed by atoms with Crippen LogP contribution in [0.4, 0.5) is 0 Å². The van der Waals surface area contributed by atoms with E-state index in [1.807, 2.05) is 26.0 Å². The molecular weight excluding hydrogens is 254 g/mol. The first kappa shape index (κ1) is 14.2. The van der Waals surface area contributed by atoms with Gasteiger partial charge in [0, 0.05) is 26.0 Å². The van der Waals surface area contributed by atoms with Crippen molar-refractivity contribution in [3.05, 3.63) is 47.9 Å². The van der Waals surface area contributed by atoms with E-state index < -0.39 is 0 Å². The fourth-order valence-electron chi connectivity index (χ4n) is 1.95. The van der Waals surface area contributed by atoms with Crippen molar-refractivity contribution in [2.45, 2.75) is 26.2 Å². The van der Waals surface area contributed by atoms with Gasteiger partial charge < -0.3 is 9.32 Å². The first-order valence-electron chi connectivity index (χ1n) is 6.67. The number of hydrogen-bond donors (Lipinski definition) is 0. The normalized spacial score (nSPS) is 10.8. The number of carbonyl (C=O) groups is 1. The van der Waals surface area contributed by atoms with Gasteiger partial charge in [-0.3, -0.25) is 9.78 Å². The van der Waals surface area contributed by atoms with Crippen LogP contribution >= 0.6 is 0 Å². The van der Waals surface area contributed by atoms with Gasteiger partial charge >= 0.3 is 0 Å². The summed E-state index contributed by atoms with van der Waals surface area (Å²) in [5.41, 5.74) is 1.87. The highest BCUT2D eigenvalue weighted by Crippen LogP contribution is 2.18. The maximum Gasteiger partial charge on any atom is 0.291 e. The number of aromatic nitrogens is 2. The van der Waals surface area contributed by atoms with Crippen LogP contribution in [0.5, 0.6) is 0 Å². The molecule has 106 valence electrons. The fourth-order valence-corrected chi connectivity index (χ4v) is 1.95. The monoisotopic (exact) mass is 273 g/mol. The summed E-state index contributed by atoms with van der Waals surface area (Å²) in [4.78, 5) is 22.1. The average molecular weight is 273 g/mol. The zero-order valence-electron chi connectivity index (χ0n) is 12.0. The van der Waals surface area contributed by atoms with Gasteiger partial charge in [-0.15, -0.1) is 0 Å². The van der Waals surface area contributed by atoms with Crippen molar-refractivity contribution in [3.63, 3.8) is 0 Å². The number of nitrogens with zero attached hydrogens (tertiary/aromatic N) is 3. The lowest BCUT2D eigenvalue weighted by atomic mass is 10.1. The molecule has 0 fully saturated rings. The van der Waals surface area contributed by atoms with Gasteiger partial charge in [-0.05, 0) is 30.0 Å². The summed E-state index contributed by atoms with van der Waals surface area (Å²) in [5, 5.41) is 0. The largest absolute Gasteiger partial charge is 0.438 e. The zero-order valence-corrected chi connectivity index (χ0v) is 12.0. The molecule has 0 unspecified atom stereocenters. The third kappa shape index (κ3) is 3.23. The number of pyridine rings is 1. The van der Waals surface area contributed by atoms with Crippen LogP contribution in [0.25, 0.3) is 0 Å². The van der Waals surface area contributed by atoms with Crippen molar-refractivity contribution in [3.8, 4) is 0 Å². The van der Waals surface area contributed by atoms with Crippen molar-refractivity contribution in [1.82, 2.24) is 14.9 Å². The standard InChI is InChI=1S/C15H19N3O2/c1-11(2)13-14(20-10-17-13)15(19)18(3)9-6-12-4-7-16-8-5-12/h4-5,7-8,10-11H,6,9H2,1-3H3. The Kier molecular flexibility index (Phi) is 4.50. The Morgan fingerprint density at radius 2 is 2.05 bits per heavy atom. The molecule has 0 aliphatic heterocycles. The molecule has 0 aliphatic rings. The van der Waals surface area contributed by atoms with Crippen LogP contribution in [0.1, 0.15) is 41.6 Å². The Hall–Kier alpha value is -2.17. The van der Waals surface area contributed by atoms with E-state index in [9.17, 15) is 4.79 Å². The van der Waals surface area contributed by atoms with E-state index in [2.05, 4.69) is 9.97 Å². The highest BCUT2D eigenvalue weighted by Gasteiger charge is 2.22. The van der Waals surface area contributed by atoms with Crippen molar-refractivity contribution >= 4 is 5.91 Å². The lowest BCUT2D eigenvalue weighted by molar-refractivity contribution is 0.0763. The Balaban J connectivity index is 2.00. The van der Waals surface area contributed by atoms with E-state index >= 15 is 0 Å². The maximum absolute atomic E-state index is 12.3. The Morgan fingerprint density at radius 1 is 1.35 bits per heavy atom. The van der Waals surface area contributed by atoms with Crippen LogP contribution in [-0.2, 0) is 6.42 Å². The van der Waals surface area contributed by atoms with Gasteiger partial charge in [0.05, 0.1) is 5.69 Å². The number of likely N-dealkylation sites (N-methyl/N-ethyl adjacent to an activating group) is 1. The quantitative estimate of drug-likeness (QED) is 0.839. The Bertz CT molecular complexity index is 564. The summed E-state index contributed by atoms with van der Waals surface area (Å²) >= 11 is 0. The fraction of sp³-hybridized carbons (Fsp3) is 0.400. The summed E-state index contributed by atoms with van der Waals surface area (Å²) in [7, 11) is 1.77. The zero-order chi connectivity index (χ0) is 14.5. The molecule has 20 heavy (non-hydrogen) atoms.